The van der Waals surface area contributed by atoms with Gasteiger partial charge in [-0.25, -0.2) is 0 Å². The third-order valence-corrected chi connectivity index (χ3v) is 3.50. The predicted molar refractivity (Wildman–Crippen MR) is 84.4 cm³/mol. The summed E-state index contributed by atoms with van der Waals surface area (Å²) in [6, 6.07) is 10.0. The molecule has 0 saturated carbocycles. The highest BCUT2D eigenvalue weighted by Gasteiger charge is 2.23. The fourth-order valence-electron chi connectivity index (χ4n) is 2.42. The van der Waals surface area contributed by atoms with Crippen LogP contribution in [-0.4, -0.2) is 24.4 Å². The maximum absolute atomic E-state index is 12.6. The lowest BCUT2D eigenvalue weighted by molar-refractivity contribution is 0.364. The molecule has 0 radical (unpaired) electrons. The Morgan fingerprint density at radius 3 is 2.35 bits per heavy atom. The van der Waals surface area contributed by atoms with Crippen molar-refractivity contribution in [3.63, 3.8) is 0 Å². The number of hydrogen-bond donors (Lipinski definition) is 2. The van der Waals surface area contributed by atoms with Crippen molar-refractivity contribution in [3.8, 4) is 34.3 Å². The minimum Gasteiger partial charge on any atom is -0.507 e. The van der Waals surface area contributed by atoms with E-state index in [1.165, 1.54) is 14.2 Å². The van der Waals surface area contributed by atoms with Crippen LogP contribution in [0.5, 0.6) is 23.0 Å². The van der Waals surface area contributed by atoms with Crippen molar-refractivity contribution < 1.29 is 24.1 Å². The van der Waals surface area contributed by atoms with Crippen molar-refractivity contribution in [2.24, 2.45) is 0 Å². The lowest BCUT2D eigenvalue weighted by Crippen LogP contribution is -2.08. The van der Waals surface area contributed by atoms with Gasteiger partial charge in [0.05, 0.1) is 14.2 Å². The number of phenols is 2. The molecule has 0 fully saturated rings. The summed E-state index contributed by atoms with van der Waals surface area (Å²) in [6.45, 7) is 0. The van der Waals surface area contributed by atoms with E-state index in [2.05, 4.69) is 0 Å². The molecule has 23 heavy (non-hydrogen) atoms. The summed E-state index contributed by atoms with van der Waals surface area (Å²) in [7, 11) is 2.67. The summed E-state index contributed by atoms with van der Waals surface area (Å²) >= 11 is 0. The van der Waals surface area contributed by atoms with Crippen molar-refractivity contribution in [3.05, 3.63) is 46.6 Å². The molecule has 6 heteroatoms. The molecular weight excluding hydrogens is 300 g/mol. The Hall–Kier alpha value is -3.15. The van der Waals surface area contributed by atoms with Gasteiger partial charge >= 0.3 is 0 Å². The van der Waals surface area contributed by atoms with E-state index in [1.807, 2.05) is 6.07 Å². The molecule has 2 N–H and O–H groups in total. The Kier molecular flexibility index (Phi) is 3.57. The minimum absolute atomic E-state index is 0.00216. The normalized spacial score (nSPS) is 10.7. The molecular formula is C17H14O6. The molecule has 6 nitrogen and oxygen atoms in total. The summed E-state index contributed by atoms with van der Waals surface area (Å²) in [4.78, 5) is 12.6. The van der Waals surface area contributed by atoms with Crippen LogP contribution in [0, 0.1) is 0 Å². The number of aromatic hydroxyl groups is 2. The fourth-order valence-corrected chi connectivity index (χ4v) is 2.42. The highest BCUT2D eigenvalue weighted by atomic mass is 16.5. The lowest BCUT2D eigenvalue weighted by atomic mass is 10.1. The second-order valence-electron chi connectivity index (χ2n) is 4.81. The van der Waals surface area contributed by atoms with E-state index in [0.29, 0.717) is 5.56 Å². The molecule has 118 valence electrons. The second-order valence-corrected chi connectivity index (χ2v) is 4.81. The van der Waals surface area contributed by atoms with Crippen LogP contribution in [0.25, 0.3) is 22.3 Å². The van der Waals surface area contributed by atoms with E-state index in [4.69, 9.17) is 13.9 Å². The van der Waals surface area contributed by atoms with Gasteiger partial charge in [0.2, 0.25) is 16.9 Å². The number of hydrogen-bond acceptors (Lipinski definition) is 6. The van der Waals surface area contributed by atoms with Crippen LogP contribution in [0.3, 0.4) is 0 Å². The van der Waals surface area contributed by atoms with Gasteiger partial charge in [0.15, 0.2) is 17.1 Å². The molecule has 2 aromatic carbocycles. The van der Waals surface area contributed by atoms with Gasteiger partial charge in [-0.05, 0) is 0 Å². The van der Waals surface area contributed by atoms with Crippen LogP contribution in [0.15, 0.2) is 45.6 Å². The van der Waals surface area contributed by atoms with Gasteiger partial charge in [-0.2, -0.15) is 0 Å². The molecule has 0 aliphatic heterocycles. The first kappa shape index (κ1) is 14.8. The monoisotopic (exact) mass is 314 g/mol. The molecule has 0 aliphatic carbocycles. The minimum atomic E-state index is -0.581. The first-order chi connectivity index (χ1) is 11.1. The standard InChI is InChI=1S/C17H14O6/c1-21-11-8-10(18)12-14(20)17(22-2)15(23-16(12)13(11)19)9-6-4-3-5-7-9/h3-8,18-19H,1-2H3. The molecule has 0 unspecified atom stereocenters. The summed E-state index contributed by atoms with van der Waals surface area (Å²) in [5, 5.41) is 20.1. The van der Waals surface area contributed by atoms with Crippen molar-refractivity contribution in [1.29, 1.82) is 0 Å². The van der Waals surface area contributed by atoms with Crippen LogP contribution in [0.1, 0.15) is 0 Å². The SMILES string of the molecule is COc1cc(O)c2c(=O)c(OC)c(-c3ccccc3)oc2c1O. The van der Waals surface area contributed by atoms with E-state index < -0.39 is 5.43 Å². The van der Waals surface area contributed by atoms with Crippen molar-refractivity contribution >= 4 is 11.0 Å². The number of fused-ring (bicyclic) bond motifs is 1. The quantitative estimate of drug-likeness (QED) is 0.723. The summed E-state index contributed by atoms with van der Waals surface area (Å²) < 4.78 is 15.8. The van der Waals surface area contributed by atoms with Crippen LogP contribution >= 0.6 is 0 Å². The predicted octanol–water partition coefficient (Wildman–Crippen LogP) is 2.89. The molecule has 1 heterocycles. The van der Waals surface area contributed by atoms with Crippen LogP contribution in [-0.2, 0) is 0 Å². The Morgan fingerprint density at radius 2 is 1.74 bits per heavy atom. The van der Waals surface area contributed by atoms with E-state index in [0.717, 1.165) is 6.07 Å². The molecule has 0 atom stereocenters. The van der Waals surface area contributed by atoms with Gasteiger partial charge < -0.3 is 24.1 Å². The molecule has 0 spiro atoms. The molecule has 0 amide bonds. The molecule has 3 aromatic rings. The van der Waals surface area contributed by atoms with Gasteiger partial charge in [-0.3, -0.25) is 4.79 Å². The zero-order chi connectivity index (χ0) is 16.6. The van der Waals surface area contributed by atoms with Crippen molar-refractivity contribution in [2.45, 2.75) is 0 Å². The summed E-state index contributed by atoms with van der Waals surface area (Å²) in [5.41, 5.74) is -0.139. The first-order valence-electron chi connectivity index (χ1n) is 6.77. The average Bonchev–Trinajstić information content (AvgIpc) is 2.58. The Balaban J connectivity index is 2.47. The fraction of sp³-hybridized carbons (Fsp3) is 0.118. The van der Waals surface area contributed by atoms with Gasteiger partial charge in [0.25, 0.3) is 0 Å². The van der Waals surface area contributed by atoms with Gasteiger partial charge in [-0.1, -0.05) is 30.3 Å². The van der Waals surface area contributed by atoms with E-state index in [1.54, 1.807) is 24.3 Å². The van der Waals surface area contributed by atoms with Crippen molar-refractivity contribution in [2.75, 3.05) is 14.2 Å². The van der Waals surface area contributed by atoms with Crippen LogP contribution in [0.2, 0.25) is 0 Å². The smallest absolute Gasteiger partial charge is 0.239 e. The Morgan fingerprint density at radius 1 is 1.04 bits per heavy atom. The van der Waals surface area contributed by atoms with Crippen LogP contribution < -0.4 is 14.9 Å². The van der Waals surface area contributed by atoms with Gasteiger partial charge in [0.1, 0.15) is 11.1 Å². The van der Waals surface area contributed by atoms with E-state index in [-0.39, 0.29) is 39.7 Å². The van der Waals surface area contributed by atoms with Crippen molar-refractivity contribution in [1.82, 2.24) is 0 Å². The third kappa shape index (κ3) is 2.24. The summed E-state index contributed by atoms with van der Waals surface area (Å²) in [6.07, 6.45) is 0. The highest BCUT2D eigenvalue weighted by Crippen LogP contribution is 2.42. The van der Waals surface area contributed by atoms with E-state index in [9.17, 15) is 15.0 Å². The largest absolute Gasteiger partial charge is 0.507 e. The topological polar surface area (TPSA) is 89.1 Å². The van der Waals surface area contributed by atoms with Gasteiger partial charge in [-0.15, -0.1) is 0 Å². The van der Waals surface area contributed by atoms with Crippen LogP contribution in [0.4, 0.5) is 0 Å². The zero-order valence-corrected chi connectivity index (χ0v) is 12.5. The lowest BCUT2D eigenvalue weighted by Gasteiger charge is -2.12. The first-order valence-corrected chi connectivity index (χ1v) is 6.77. The average molecular weight is 314 g/mol. The molecule has 3 rings (SSSR count). The maximum atomic E-state index is 12.6. The Bertz CT molecular complexity index is 927. The number of rotatable bonds is 3. The third-order valence-electron chi connectivity index (χ3n) is 3.50. The molecule has 0 bridgehead atoms. The Labute approximate surface area is 131 Å². The zero-order valence-electron chi connectivity index (χ0n) is 12.5. The van der Waals surface area contributed by atoms with Gasteiger partial charge in [0, 0.05) is 11.6 Å². The number of methoxy groups -OCH3 is 2. The molecule has 1 aromatic heterocycles. The number of phenolic OH excluding ortho intramolecular Hbond substituents is 2. The molecule has 0 aliphatic rings. The second kappa shape index (κ2) is 5.57. The summed E-state index contributed by atoms with van der Waals surface area (Å²) in [5.74, 6) is -0.613. The molecule has 0 saturated heterocycles. The number of benzene rings is 2. The maximum Gasteiger partial charge on any atom is 0.239 e. The van der Waals surface area contributed by atoms with E-state index >= 15 is 0 Å². The number of ether oxygens (including phenoxy) is 2. The highest BCUT2D eigenvalue weighted by molar-refractivity contribution is 5.93.